The molecule has 0 aliphatic heterocycles. The number of hydrogen-bond donors (Lipinski definition) is 1. The summed E-state index contributed by atoms with van der Waals surface area (Å²) in [5, 5.41) is 13.4. The van der Waals surface area contributed by atoms with Crippen molar-refractivity contribution in [2.75, 3.05) is 0 Å². The van der Waals surface area contributed by atoms with Gasteiger partial charge in [0.05, 0.1) is 6.54 Å². The molecular weight excluding hydrogens is 337 g/mol. The molecule has 0 saturated heterocycles. The van der Waals surface area contributed by atoms with Crippen molar-refractivity contribution in [3.8, 4) is 11.4 Å². The first-order chi connectivity index (χ1) is 11.0. The van der Waals surface area contributed by atoms with E-state index in [1.54, 1.807) is 36.4 Å². The van der Waals surface area contributed by atoms with E-state index in [2.05, 4.69) is 15.4 Å². The van der Waals surface area contributed by atoms with Gasteiger partial charge in [-0.3, -0.25) is 4.79 Å². The highest BCUT2D eigenvalue weighted by atomic mass is 35.5. The van der Waals surface area contributed by atoms with Gasteiger partial charge in [-0.2, -0.15) is 4.80 Å². The van der Waals surface area contributed by atoms with Crippen LogP contribution in [-0.2, 0) is 6.54 Å². The van der Waals surface area contributed by atoms with Crippen molar-refractivity contribution in [2.24, 2.45) is 5.73 Å². The van der Waals surface area contributed by atoms with Crippen LogP contribution < -0.4 is 5.73 Å². The lowest BCUT2D eigenvalue weighted by Crippen LogP contribution is -2.10. The van der Waals surface area contributed by atoms with Gasteiger partial charge in [0.1, 0.15) is 0 Å². The zero-order valence-corrected chi connectivity index (χ0v) is 13.3. The number of carbonyl (C=O) groups is 1. The maximum Gasteiger partial charge on any atom is 0.248 e. The van der Waals surface area contributed by atoms with E-state index in [1.165, 1.54) is 4.80 Å². The number of halogens is 2. The van der Waals surface area contributed by atoms with E-state index < -0.39 is 5.91 Å². The lowest BCUT2D eigenvalue weighted by molar-refractivity contribution is 0.100. The first kappa shape index (κ1) is 15.5. The number of hydrogen-bond acceptors (Lipinski definition) is 4. The Balaban J connectivity index is 1.81. The summed E-state index contributed by atoms with van der Waals surface area (Å²) in [5.74, 6) is -0.0309. The summed E-state index contributed by atoms with van der Waals surface area (Å²) in [6, 6.07) is 11.9. The second-order valence-electron chi connectivity index (χ2n) is 4.82. The molecule has 3 rings (SSSR count). The van der Waals surface area contributed by atoms with Crippen LogP contribution in [0.4, 0.5) is 0 Å². The third kappa shape index (κ3) is 3.49. The molecule has 0 bridgehead atoms. The lowest BCUT2D eigenvalue weighted by atomic mass is 10.1. The van der Waals surface area contributed by atoms with Gasteiger partial charge in [-0.1, -0.05) is 41.4 Å². The maximum absolute atomic E-state index is 11.1. The van der Waals surface area contributed by atoms with Crippen molar-refractivity contribution in [1.82, 2.24) is 20.2 Å². The molecule has 8 heteroatoms. The van der Waals surface area contributed by atoms with Crippen LogP contribution in [0.15, 0.2) is 42.5 Å². The summed E-state index contributed by atoms with van der Waals surface area (Å²) in [4.78, 5) is 12.5. The average molecular weight is 348 g/mol. The molecule has 2 N–H and O–H groups in total. The van der Waals surface area contributed by atoms with Gasteiger partial charge < -0.3 is 5.73 Å². The van der Waals surface area contributed by atoms with E-state index in [9.17, 15) is 4.79 Å². The molecule has 3 aromatic rings. The number of aromatic nitrogens is 4. The highest BCUT2D eigenvalue weighted by molar-refractivity contribution is 6.35. The molecule has 2 aromatic carbocycles. The molecule has 0 atom stereocenters. The summed E-state index contributed by atoms with van der Waals surface area (Å²) < 4.78 is 0. The molecule has 0 aliphatic rings. The minimum atomic E-state index is -0.481. The summed E-state index contributed by atoms with van der Waals surface area (Å²) in [5.41, 5.74) is 7.21. The first-order valence-corrected chi connectivity index (χ1v) is 7.40. The number of rotatable bonds is 4. The molecule has 0 spiro atoms. The molecule has 0 saturated carbocycles. The molecule has 1 aromatic heterocycles. The maximum atomic E-state index is 11.1. The Hall–Kier alpha value is -2.44. The summed E-state index contributed by atoms with van der Waals surface area (Å²) >= 11 is 12.0. The minimum absolute atomic E-state index is 0.377. The van der Waals surface area contributed by atoms with E-state index in [0.29, 0.717) is 28.0 Å². The molecule has 0 unspecified atom stereocenters. The van der Waals surface area contributed by atoms with E-state index in [1.807, 2.05) is 6.07 Å². The summed E-state index contributed by atoms with van der Waals surface area (Å²) in [6.45, 7) is 0.377. The molecule has 6 nitrogen and oxygen atoms in total. The van der Waals surface area contributed by atoms with E-state index in [4.69, 9.17) is 28.9 Å². The van der Waals surface area contributed by atoms with E-state index >= 15 is 0 Å². The highest BCUT2D eigenvalue weighted by Crippen LogP contribution is 2.21. The molecule has 1 amide bonds. The van der Waals surface area contributed by atoms with Gasteiger partial charge in [0, 0.05) is 21.2 Å². The monoisotopic (exact) mass is 347 g/mol. The SMILES string of the molecule is NC(=O)c1ccc(-c2nnn(Cc3ccc(Cl)cc3Cl)n2)cc1. The smallest absolute Gasteiger partial charge is 0.248 e. The zero-order valence-electron chi connectivity index (χ0n) is 11.8. The largest absolute Gasteiger partial charge is 0.366 e. The number of tetrazole rings is 1. The van der Waals surface area contributed by atoms with E-state index in [-0.39, 0.29) is 0 Å². The van der Waals surface area contributed by atoms with Crippen molar-refractivity contribution >= 4 is 29.1 Å². The van der Waals surface area contributed by atoms with Crippen molar-refractivity contribution in [1.29, 1.82) is 0 Å². The third-order valence-corrected chi connectivity index (χ3v) is 3.79. The zero-order chi connectivity index (χ0) is 16.4. The van der Waals surface area contributed by atoms with Crippen molar-refractivity contribution in [2.45, 2.75) is 6.54 Å². The lowest BCUT2D eigenvalue weighted by Gasteiger charge is -2.03. The minimum Gasteiger partial charge on any atom is -0.366 e. The van der Waals surface area contributed by atoms with Crippen LogP contribution in [0.3, 0.4) is 0 Å². The van der Waals surface area contributed by atoms with Crippen molar-refractivity contribution in [3.05, 3.63) is 63.6 Å². The third-order valence-electron chi connectivity index (χ3n) is 3.21. The van der Waals surface area contributed by atoms with Gasteiger partial charge in [-0.15, -0.1) is 10.2 Å². The number of nitrogens with two attached hydrogens (primary N) is 1. The van der Waals surface area contributed by atoms with Crippen LogP contribution in [0, 0.1) is 0 Å². The van der Waals surface area contributed by atoms with Crippen LogP contribution in [0.2, 0.25) is 10.0 Å². The van der Waals surface area contributed by atoms with Gasteiger partial charge in [-0.05, 0) is 35.0 Å². The van der Waals surface area contributed by atoms with Gasteiger partial charge in [0.25, 0.3) is 0 Å². The van der Waals surface area contributed by atoms with Crippen LogP contribution in [-0.4, -0.2) is 26.1 Å². The quantitative estimate of drug-likeness (QED) is 0.785. The Labute approximate surface area is 141 Å². The number of carbonyl (C=O) groups excluding carboxylic acids is 1. The van der Waals surface area contributed by atoms with E-state index in [0.717, 1.165) is 11.1 Å². The second-order valence-corrected chi connectivity index (χ2v) is 5.66. The van der Waals surface area contributed by atoms with Crippen molar-refractivity contribution < 1.29 is 4.79 Å². The molecule has 0 aliphatic carbocycles. The van der Waals surface area contributed by atoms with Gasteiger partial charge in [0.2, 0.25) is 11.7 Å². The molecule has 116 valence electrons. The normalized spacial score (nSPS) is 10.7. The Morgan fingerprint density at radius 2 is 1.87 bits per heavy atom. The molecule has 1 heterocycles. The molecule has 23 heavy (non-hydrogen) atoms. The molecular formula is C15H11Cl2N5O. The fourth-order valence-corrected chi connectivity index (χ4v) is 2.48. The first-order valence-electron chi connectivity index (χ1n) is 6.65. The standard InChI is InChI=1S/C15H11Cl2N5O/c16-12-6-5-11(13(17)7-12)8-22-20-15(19-21-22)10-3-1-9(2-4-10)14(18)23/h1-7H,8H2,(H2,18,23). The fourth-order valence-electron chi connectivity index (χ4n) is 2.01. The number of benzene rings is 2. The van der Waals surface area contributed by atoms with Crippen molar-refractivity contribution in [3.63, 3.8) is 0 Å². The topological polar surface area (TPSA) is 86.7 Å². The fraction of sp³-hybridized carbons (Fsp3) is 0.0667. The van der Waals surface area contributed by atoms with Gasteiger partial charge >= 0.3 is 0 Å². The number of primary amides is 1. The summed E-state index contributed by atoms with van der Waals surface area (Å²) in [7, 11) is 0. The van der Waals surface area contributed by atoms with Gasteiger partial charge in [0.15, 0.2) is 0 Å². The molecule has 0 radical (unpaired) electrons. The highest BCUT2D eigenvalue weighted by Gasteiger charge is 2.09. The van der Waals surface area contributed by atoms with Crippen LogP contribution in [0.1, 0.15) is 15.9 Å². The van der Waals surface area contributed by atoms with Crippen LogP contribution >= 0.6 is 23.2 Å². The van der Waals surface area contributed by atoms with Crippen LogP contribution in [0.5, 0.6) is 0 Å². The Kier molecular flexibility index (Phi) is 4.27. The van der Waals surface area contributed by atoms with Crippen LogP contribution in [0.25, 0.3) is 11.4 Å². The predicted octanol–water partition coefficient (Wildman–Crippen LogP) is 2.79. The van der Waals surface area contributed by atoms with Gasteiger partial charge in [-0.25, -0.2) is 0 Å². The summed E-state index contributed by atoms with van der Waals surface area (Å²) in [6.07, 6.45) is 0. The Morgan fingerprint density at radius 3 is 2.52 bits per heavy atom. The molecule has 0 fully saturated rings. The average Bonchev–Trinajstić information content (AvgIpc) is 2.99. The second kappa shape index (κ2) is 6.36. The Bertz CT molecular complexity index is 861. The Morgan fingerprint density at radius 1 is 1.13 bits per heavy atom. The number of nitrogens with zero attached hydrogens (tertiary/aromatic N) is 4. The predicted molar refractivity (Wildman–Crippen MR) is 87.3 cm³/mol. The number of amides is 1.